The van der Waals surface area contributed by atoms with Gasteiger partial charge in [0.2, 0.25) is 0 Å². The molecule has 20 heavy (non-hydrogen) atoms. The molecule has 1 aromatic carbocycles. The summed E-state index contributed by atoms with van der Waals surface area (Å²) >= 11 is 0. The Hall–Kier alpha value is -1.49. The van der Waals surface area contributed by atoms with Crippen molar-refractivity contribution in [1.82, 2.24) is 4.83 Å². The molecule has 110 valence electrons. The highest BCUT2D eigenvalue weighted by Crippen LogP contribution is 2.23. The topological polar surface area (TPSA) is 81.9 Å². The van der Waals surface area contributed by atoms with E-state index >= 15 is 0 Å². The maximum atomic E-state index is 11.6. The van der Waals surface area contributed by atoms with Crippen LogP contribution in [0.5, 0.6) is 5.75 Å². The van der Waals surface area contributed by atoms with Crippen LogP contribution in [0.1, 0.15) is 19.4 Å². The van der Waals surface area contributed by atoms with Gasteiger partial charge in [0, 0.05) is 0 Å². The number of nitrogens with zero attached hydrogens (tertiary/aromatic N) is 1. The lowest BCUT2D eigenvalue weighted by molar-refractivity contribution is -0.153. The van der Waals surface area contributed by atoms with Crippen molar-refractivity contribution in [3.63, 3.8) is 0 Å². The number of esters is 1. The van der Waals surface area contributed by atoms with Gasteiger partial charge in [-0.2, -0.15) is 0 Å². The Morgan fingerprint density at radius 3 is 2.75 bits per heavy atom. The van der Waals surface area contributed by atoms with Crippen LogP contribution < -0.4 is 10.6 Å². The first-order valence-electron chi connectivity index (χ1n) is 6.39. The van der Waals surface area contributed by atoms with Gasteiger partial charge in [0.05, 0.1) is 6.61 Å². The van der Waals surface area contributed by atoms with Crippen molar-refractivity contribution in [2.24, 2.45) is 5.73 Å². The van der Waals surface area contributed by atoms with Crippen molar-refractivity contribution >= 4 is 14.6 Å². The molecule has 0 bridgehead atoms. The van der Waals surface area contributed by atoms with Gasteiger partial charge >= 0.3 is 5.97 Å². The summed E-state index contributed by atoms with van der Waals surface area (Å²) in [6.45, 7) is 4.01. The van der Waals surface area contributed by atoms with E-state index in [0.29, 0.717) is 18.7 Å². The van der Waals surface area contributed by atoms with Gasteiger partial charge < -0.3 is 15.3 Å². The molecule has 0 aliphatic rings. The number of ether oxygens (including phenoxy) is 1. The normalized spacial score (nSPS) is 12.4. The van der Waals surface area contributed by atoms with E-state index in [4.69, 9.17) is 15.3 Å². The summed E-state index contributed by atoms with van der Waals surface area (Å²) < 4.78 is 16.1. The third-order valence-corrected chi connectivity index (χ3v) is 3.21. The zero-order chi connectivity index (χ0) is 15.0. The highest BCUT2D eigenvalue weighted by atomic mass is 31.1. The van der Waals surface area contributed by atoms with Gasteiger partial charge in [-0.05, 0) is 43.3 Å². The highest BCUT2D eigenvalue weighted by Gasteiger charge is 2.25. The molecule has 2 N–H and O–H groups in total. The fraction of sp³-hybridized carbons (Fsp3) is 0.462. The molecule has 0 amide bonds. The summed E-state index contributed by atoms with van der Waals surface area (Å²) in [5.41, 5.74) is 6.42. The van der Waals surface area contributed by atoms with Gasteiger partial charge in [-0.15, -0.1) is 0 Å². The van der Waals surface area contributed by atoms with E-state index in [2.05, 4.69) is 0 Å². The molecule has 0 saturated carbocycles. The molecule has 0 aromatic heterocycles. The molecule has 0 radical (unpaired) electrons. The third-order valence-electron chi connectivity index (χ3n) is 2.62. The average molecular weight is 298 g/mol. The second-order valence-electron chi connectivity index (χ2n) is 4.05. The van der Waals surface area contributed by atoms with Crippen molar-refractivity contribution in [2.75, 3.05) is 13.2 Å². The van der Waals surface area contributed by atoms with Crippen molar-refractivity contribution in [3.05, 3.63) is 29.8 Å². The number of nitrogens with two attached hydrogens (primary N) is 1. The number of carbonyl (C=O) groups excluding carboxylic acids is 1. The lowest BCUT2D eigenvalue weighted by Crippen LogP contribution is -2.36. The summed E-state index contributed by atoms with van der Waals surface area (Å²) in [5, 5.41) is 0. The van der Waals surface area contributed by atoms with Gasteiger partial charge in [0.25, 0.3) is 8.61 Å². The maximum absolute atomic E-state index is 11.6. The molecule has 7 heteroatoms. The van der Waals surface area contributed by atoms with Crippen LogP contribution in [0.3, 0.4) is 0 Å². The van der Waals surface area contributed by atoms with Crippen molar-refractivity contribution in [3.8, 4) is 5.75 Å². The van der Waals surface area contributed by atoms with E-state index in [1.54, 1.807) is 26.0 Å². The predicted octanol–water partition coefficient (Wildman–Crippen LogP) is 1.94. The molecule has 0 unspecified atom stereocenters. The molecule has 1 rings (SSSR count). The molecule has 1 aromatic rings. The molecule has 0 spiro atoms. The summed E-state index contributed by atoms with van der Waals surface area (Å²) in [4.78, 5) is 18.2. The minimum Gasteiger partial charge on any atom is -0.465 e. The van der Waals surface area contributed by atoms with Gasteiger partial charge in [-0.1, -0.05) is 18.2 Å². The number of hydroxylamine groups is 1. The van der Waals surface area contributed by atoms with Gasteiger partial charge in [-0.3, -0.25) is 9.36 Å². The Labute approximate surface area is 120 Å². The first kappa shape index (κ1) is 16.6. The van der Waals surface area contributed by atoms with Gasteiger partial charge in [0.1, 0.15) is 0 Å². The lowest BCUT2D eigenvalue weighted by atomic mass is 10.1. The molecule has 0 aliphatic heterocycles. The number of hydrogen-bond donors (Lipinski definition) is 1. The molecular weight excluding hydrogens is 279 g/mol. The minimum absolute atomic E-state index is 0.260. The first-order chi connectivity index (χ1) is 9.63. The standard InChI is InChI=1S/C13H19N2O4P/c1-3-18-13(16)10(2)15(20-17)19-12-7-5-4-6-11(12)8-9-14/h4-7,10H,3,8-9,14H2,1-2H3/t10-/m0/s1. The maximum Gasteiger partial charge on any atom is 0.327 e. The van der Waals surface area contributed by atoms with E-state index in [0.717, 1.165) is 10.4 Å². The monoisotopic (exact) mass is 298 g/mol. The smallest absolute Gasteiger partial charge is 0.327 e. The zero-order valence-corrected chi connectivity index (χ0v) is 12.5. The van der Waals surface area contributed by atoms with Crippen LogP contribution in [0.25, 0.3) is 0 Å². The average Bonchev–Trinajstić information content (AvgIpc) is 2.46. The quantitative estimate of drug-likeness (QED) is 0.449. The fourth-order valence-corrected chi connectivity index (χ4v) is 1.93. The highest BCUT2D eigenvalue weighted by molar-refractivity contribution is 7.20. The van der Waals surface area contributed by atoms with Crippen LogP contribution in [-0.2, 0) is 20.5 Å². The fourth-order valence-electron chi connectivity index (χ4n) is 1.58. The number of benzene rings is 1. The first-order valence-corrected chi connectivity index (χ1v) is 7.15. The predicted molar refractivity (Wildman–Crippen MR) is 75.4 cm³/mol. The van der Waals surface area contributed by atoms with Crippen LogP contribution in [-0.4, -0.2) is 30.0 Å². The van der Waals surface area contributed by atoms with Crippen LogP contribution in [0, 0.1) is 0 Å². The van der Waals surface area contributed by atoms with E-state index < -0.39 is 20.6 Å². The Morgan fingerprint density at radius 2 is 2.15 bits per heavy atom. The van der Waals surface area contributed by atoms with Crippen LogP contribution in [0.2, 0.25) is 0 Å². The van der Waals surface area contributed by atoms with Gasteiger partial charge in [-0.25, -0.2) is 0 Å². The summed E-state index contributed by atoms with van der Waals surface area (Å²) in [6, 6.07) is 6.49. The van der Waals surface area contributed by atoms with Gasteiger partial charge in [0.15, 0.2) is 11.8 Å². The van der Waals surface area contributed by atoms with Crippen molar-refractivity contribution in [2.45, 2.75) is 26.3 Å². The van der Waals surface area contributed by atoms with Crippen molar-refractivity contribution in [1.29, 1.82) is 0 Å². The number of carbonyl (C=O) groups is 1. The van der Waals surface area contributed by atoms with E-state index in [9.17, 15) is 9.36 Å². The second-order valence-corrected chi connectivity index (χ2v) is 4.61. The Morgan fingerprint density at radius 1 is 1.45 bits per heavy atom. The molecule has 0 saturated heterocycles. The molecule has 0 aliphatic carbocycles. The van der Waals surface area contributed by atoms with Crippen LogP contribution in [0.15, 0.2) is 24.3 Å². The number of rotatable bonds is 8. The Bertz CT molecular complexity index is 456. The summed E-state index contributed by atoms with van der Waals surface area (Å²) in [6.07, 6.45) is 0.632. The van der Waals surface area contributed by atoms with E-state index in [-0.39, 0.29) is 6.61 Å². The van der Waals surface area contributed by atoms with E-state index in [1.165, 1.54) is 0 Å². The summed E-state index contributed by atoms with van der Waals surface area (Å²) in [5.74, 6) is 0.0320. The van der Waals surface area contributed by atoms with Crippen molar-refractivity contribution < 1.29 is 18.9 Å². The Kier molecular flexibility index (Phi) is 7.15. The third kappa shape index (κ3) is 4.56. The molecule has 0 heterocycles. The van der Waals surface area contributed by atoms with Crippen LogP contribution >= 0.6 is 8.61 Å². The SMILES string of the molecule is CCOC(=O)[C@H](C)N(Oc1ccccc1CCN)P=O. The van der Waals surface area contributed by atoms with Crippen LogP contribution in [0.4, 0.5) is 0 Å². The minimum atomic E-state index is -0.778. The Balaban J connectivity index is 2.83. The molecule has 0 fully saturated rings. The molecule has 6 nitrogen and oxygen atoms in total. The summed E-state index contributed by atoms with van der Waals surface area (Å²) in [7, 11) is -0.419. The second kappa shape index (κ2) is 8.64. The zero-order valence-electron chi connectivity index (χ0n) is 11.6. The lowest BCUT2D eigenvalue weighted by Gasteiger charge is -2.21. The largest absolute Gasteiger partial charge is 0.465 e. The number of hydrogen-bond acceptors (Lipinski definition) is 5. The van der Waals surface area contributed by atoms with E-state index in [1.807, 2.05) is 12.1 Å². The number of para-hydroxylation sites is 1. The molecular formula is C13H19N2O4P. The molecule has 1 atom stereocenters.